The zero-order valence-electron chi connectivity index (χ0n) is 9.90. The fourth-order valence-corrected chi connectivity index (χ4v) is 3.10. The lowest BCUT2D eigenvalue weighted by Crippen LogP contribution is -2.23. The molecule has 4 nitrogen and oxygen atoms in total. The third-order valence-corrected chi connectivity index (χ3v) is 4.32. The van der Waals surface area contributed by atoms with Gasteiger partial charge in [0.05, 0.1) is 0 Å². The molecule has 90 valence electrons. The summed E-state index contributed by atoms with van der Waals surface area (Å²) < 4.78 is 5.24. The first kappa shape index (κ1) is 11.9. The zero-order valence-corrected chi connectivity index (χ0v) is 10.7. The first-order valence-electron chi connectivity index (χ1n) is 5.88. The maximum Gasteiger partial charge on any atom is 0.228 e. The highest BCUT2D eigenvalue weighted by Crippen LogP contribution is 2.28. The van der Waals surface area contributed by atoms with Crippen LogP contribution in [0.1, 0.15) is 31.5 Å². The number of nitrogens with zero attached hydrogens (tertiary/aromatic N) is 2. The Morgan fingerprint density at radius 2 is 2.50 bits per heavy atom. The summed E-state index contributed by atoms with van der Waals surface area (Å²) in [7, 11) is 1.94. The van der Waals surface area contributed by atoms with Crippen LogP contribution in [0.4, 0.5) is 0 Å². The van der Waals surface area contributed by atoms with Crippen molar-refractivity contribution >= 4 is 11.8 Å². The summed E-state index contributed by atoms with van der Waals surface area (Å²) in [6.07, 6.45) is 4.39. The van der Waals surface area contributed by atoms with Crippen LogP contribution in [0, 0.1) is 0 Å². The van der Waals surface area contributed by atoms with Gasteiger partial charge in [-0.3, -0.25) is 0 Å². The van der Waals surface area contributed by atoms with Crippen LogP contribution >= 0.6 is 11.8 Å². The van der Waals surface area contributed by atoms with Crippen LogP contribution in [0.2, 0.25) is 0 Å². The minimum Gasteiger partial charge on any atom is -0.339 e. The fraction of sp³-hybridized carbons (Fsp3) is 0.818. The van der Waals surface area contributed by atoms with E-state index in [1.54, 1.807) is 0 Å². The number of thioether (sulfide) groups is 1. The van der Waals surface area contributed by atoms with Crippen molar-refractivity contribution in [2.24, 2.45) is 0 Å². The van der Waals surface area contributed by atoms with Gasteiger partial charge in [-0.25, -0.2) is 0 Å². The Balaban J connectivity index is 1.86. The number of rotatable bonds is 5. The molecule has 1 aliphatic rings. The standard InChI is InChI=1S/C11H19N3OS/c1-8(12-2)6-11-13-10(14-15-11)7-9-4-3-5-16-9/h8-9,12H,3-7H2,1-2H3. The van der Waals surface area contributed by atoms with Gasteiger partial charge in [0.2, 0.25) is 5.89 Å². The number of nitrogens with one attached hydrogen (secondary N) is 1. The molecule has 1 aromatic rings. The van der Waals surface area contributed by atoms with E-state index in [0.29, 0.717) is 11.3 Å². The molecule has 16 heavy (non-hydrogen) atoms. The topological polar surface area (TPSA) is 51.0 Å². The smallest absolute Gasteiger partial charge is 0.228 e. The molecule has 2 atom stereocenters. The maximum atomic E-state index is 5.24. The van der Waals surface area contributed by atoms with Crippen molar-refractivity contribution in [2.45, 2.75) is 43.9 Å². The summed E-state index contributed by atoms with van der Waals surface area (Å²) in [5.74, 6) is 2.91. The predicted molar refractivity (Wildman–Crippen MR) is 65.7 cm³/mol. The van der Waals surface area contributed by atoms with E-state index in [9.17, 15) is 0 Å². The molecule has 0 spiro atoms. The average molecular weight is 241 g/mol. The Kier molecular flexibility index (Phi) is 4.23. The van der Waals surface area contributed by atoms with E-state index < -0.39 is 0 Å². The lowest BCUT2D eigenvalue weighted by atomic mass is 10.2. The fourth-order valence-electron chi connectivity index (χ4n) is 1.83. The summed E-state index contributed by atoms with van der Waals surface area (Å²) >= 11 is 2.03. The molecule has 1 saturated heterocycles. The average Bonchev–Trinajstić information content (AvgIpc) is 2.91. The Bertz CT molecular complexity index is 323. The van der Waals surface area contributed by atoms with Gasteiger partial charge in [0.25, 0.3) is 0 Å². The molecule has 2 rings (SSSR count). The lowest BCUT2D eigenvalue weighted by Gasteiger charge is -2.04. The molecule has 0 aliphatic carbocycles. The molecule has 0 bridgehead atoms. The van der Waals surface area contributed by atoms with Gasteiger partial charge in [0, 0.05) is 24.1 Å². The van der Waals surface area contributed by atoms with E-state index in [1.165, 1.54) is 18.6 Å². The number of aromatic nitrogens is 2. The molecule has 1 fully saturated rings. The largest absolute Gasteiger partial charge is 0.339 e. The van der Waals surface area contributed by atoms with Gasteiger partial charge in [-0.2, -0.15) is 16.7 Å². The third-order valence-electron chi connectivity index (χ3n) is 2.92. The van der Waals surface area contributed by atoms with E-state index in [-0.39, 0.29) is 0 Å². The second kappa shape index (κ2) is 5.68. The van der Waals surface area contributed by atoms with E-state index in [1.807, 2.05) is 18.8 Å². The SMILES string of the molecule is CNC(C)Cc1nc(CC2CCCS2)no1. The summed E-state index contributed by atoms with van der Waals surface area (Å²) in [5.41, 5.74) is 0. The maximum absolute atomic E-state index is 5.24. The molecule has 1 aromatic heterocycles. The van der Waals surface area contributed by atoms with Gasteiger partial charge in [-0.1, -0.05) is 5.16 Å². The Labute approximate surface area is 101 Å². The van der Waals surface area contributed by atoms with Crippen LogP contribution in [0.25, 0.3) is 0 Å². The van der Waals surface area contributed by atoms with Crippen molar-refractivity contribution in [3.8, 4) is 0 Å². The highest BCUT2D eigenvalue weighted by molar-refractivity contribution is 8.00. The Morgan fingerprint density at radius 3 is 3.19 bits per heavy atom. The van der Waals surface area contributed by atoms with Gasteiger partial charge in [-0.15, -0.1) is 0 Å². The zero-order chi connectivity index (χ0) is 11.4. The van der Waals surface area contributed by atoms with Gasteiger partial charge >= 0.3 is 0 Å². The van der Waals surface area contributed by atoms with Gasteiger partial charge < -0.3 is 9.84 Å². The van der Waals surface area contributed by atoms with Crippen molar-refractivity contribution < 1.29 is 4.52 Å². The molecule has 2 heterocycles. The van der Waals surface area contributed by atoms with Crippen LogP contribution in [0.15, 0.2) is 4.52 Å². The van der Waals surface area contributed by atoms with E-state index in [4.69, 9.17) is 4.52 Å². The van der Waals surface area contributed by atoms with E-state index in [0.717, 1.165) is 24.6 Å². The number of hydrogen-bond acceptors (Lipinski definition) is 5. The second-order valence-corrected chi connectivity index (χ2v) is 5.75. The van der Waals surface area contributed by atoms with Crippen molar-refractivity contribution in [3.05, 3.63) is 11.7 Å². The van der Waals surface area contributed by atoms with Crippen LogP contribution < -0.4 is 5.32 Å². The molecular weight excluding hydrogens is 222 g/mol. The van der Waals surface area contributed by atoms with E-state index >= 15 is 0 Å². The molecule has 1 aliphatic heterocycles. The lowest BCUT2D eigenvalue weighted by molar-refractivity contribution is 0.360. The molecule has 0 aromatic carbocycles. The first-order chi connectivity index (χ1) is 7.78. The quantitative estimate of drug-likeness (QED) is 0.849. The summed E-state index contributed by atoms with van der Waals surface area (Å²) in [5, 5.41) is 7.90. The minimum atomic E-state index is 0.383. The number of likely N-dealkylation sites (N-methyl/N-ethyl adjacent to an activating group) is 1. The normalized spacial score (nSPS) is 22.5. The number of hydrogen-bond donors (Lipinski definition) is 1. The molecule has 2 unspecified atom stereocenters. The van der Waals surface area contributed by atoms with E-state index in [2.05, 4.69) is 22.4 Å². The molecule has 1 N–H and O–H groups in total. The van der Waals surface area contributed by atoms with Gasteiger partial charge in [0.1, 0.15) is 0 Å². The van der Waals surface area contributed by atoms with Crippen molar-refractivity contribution in [3.63, 3.8) is 0 Å². The Hall–Kier alpha value is -0.550. The second-order valence-electron chi connectivity index (χ2n) is 4.34. The van der Waals surface area contributed by atoms with Gasteiger partial charge in [0.15, 0.2) is 5.82 Å². The monoisotopic (exact) mass is 241 g/mol. The Morgan fingerprint density at radius 1 is 1.62 bits per heavy atom. The predicted octanol–water partition coefficient (Wildman–Crippen LogP) is 1.66. The summed E-state index contributed by atoms with van der Waals surface area (Å²) in [4.78, 5) is 4.43. The molecule has 0 amide bonds. The molecule has 0 saturated carbocycles. The van der Waals surface area contributed by atoms with Crippen molar-refractivity contribution in [1.29, 1.82) is 0 Å². The van der Waals surface area contributed by atoms with Crippen LogP contribution in [0.3, 0.4) is 0 Å². The van der Waals surface area contributed by atoms with Crippen LogP contribution in [-0.4, -0.2) is 34.2 Å². The van der Waals surface area contributed by atoms with Gasteiger partial charge in [-0.05, 0) is 32.6 Å². The highest BCUT2D eigenvalue weighted by atomic mass is 32.2. The molecule has 0 radical (unpaired) electrons. The van der Waals surface area contributed by atoms with Crippen molar-refractivity contribution in [2.75, 3.05) is 12.8 Å². The summed E-state index contributed by atoms with van der Waals surface area (Å²) in [6.45, 7) is 2.11. The molecular formula is C11H19N3OS. The highest BCUT2D eigenvalue weighted by Gasteiger charge is 2.19. The van der Waals surface area contributed by atoms with Crippen molar-refractivity contribution in [1.82, 2.24) is 15.5 Å². The molecule has 5 heteroatoms. The van der Waals surface area contributed by atoms with Crippen LogP contribution in [-0.2, 0) is 12.8 Å². The first-order valence-corrected chi connectivity index (χ1v) is 6.93. The summed E-state index contributed by atoms with van der Waals surface area (Å²) in [6, 6.07) is 0.383. The van der Waals surface area contributed by atoms with Crippen LogP contribution in [0.5, 0.6) is 0 Å². The minimum absolute atomic E-state index is 0.383. The third kappa shape index (κ3) is 3.22.